The molecule has 1 aliphatic rings. The SMILES string of the molecule is COc1ccc([N+](=O)[O-])cc1NC(=O)[C@H](C)N1C[C@H](C)C[C@@H](C)C1. The molecule has 0 saturated carbocycles. The molecule has 3 atom stereocenters. The zero-order valence-corrected chi connectivity index (χ0v) is 14.6. The quantitative estimate of drug-likeness (QED) is 0.660. The summed E-state index contributed by atoms with van der Waals surface area (Å²) in [6, 6.07) is 3.86. The van der Waals surface area contributed by atoms with Crippen molar-refractivity contribution >= 4 is 17.3 Å². The van der Waals surface area contributed by atoms with Crippen molar-refractivity contribution in [3.05, 3.63) is 28.3 Å². The molecule has 0 bridgehead atoms. The molecule has 7 heteroatoms. The van der Waals surface area contributed by atoms with Crippen LogP contribution in [0.4, 0.5) is 11.4 Å². The van der Waals surface area contributed by atoms with Crippen LogP contribution in [0.2, 0.25) is 0 Å². The van der Waals surface area contributed by atoms with Gasteiger partial charge in [-0.15, -0.1) is 0 Å². The van der Waals surface area contributed by atoms with Crippen molar-refractivity contribution in [1.29, 1.82) is 0 Å². The highest BCUT2D eigenvalue weighted by Crippen LogP contribution is 2.29. The fourth-order valence-corrected chi connectivity index (χ4v) is 3.34. The van der Waals surface area contributed by atoms with E-state index in [1.165, 1.54) is 31.7 Å². The molecule has 1 aliphatic heterocycles. The van der Waals surface area contributed by atoms with Gasteiger partial charge in [-0.3, -0.25) is 19.8 Å². The fraction of sp³-hybridized carbons (Fsp3) is 0.588. The first-order chi connectivity index (χ1) is 11.3. The number of non-ortho nitro benzene ring substituents is 1. The molecule has 0 unspecified atom stereocenters. The number of nitro groups is 1. The van der Waals surface area contributed by atoms with E-state index >= 15 is 0 Å². The van der Waals surface area contributed by atoms with E-state index in [9.17, 15) is 14.9 Å². The normalized spacial score (nSPS) is 22.7. The number of anilines is 1. The Hall–Kier alpha value is -2.15. The Bertz CT molecular complexity index is 610. The largest absolute Gasteiger partial charge is 0.495 e. The second-order valence-electron chi connectivity index (χ2n) is 6.71. The topological polar surface area (TPSA) is 84.7 Å². The lowest BCUT2D eigenvalue weighted by Crippen LogP contribution is -2.48. The van der Waals surface area contributed by atoms with Gasteiger partial charge in [0.05, 0.1) is 23.8 Å². The predicted molar refractivity (Wildman–Crippen MR) is 92.3 cm³/mol. The molecule has 0 radical (unpaired) electrons. The summed E-state index contributed by atoms with van der Waals surface area (Å²) in [5.41, 5.74) is 0.237. The molecule has 0 spiro atoms. The van der Waals surface area contributed by atoms with Crippen LogP contribution in [0.5, 0.6) is 5.75 Å². The number of nitrogens with one attached hydrogen (secondary N) is 1. The number of ether oxygens (including phenoxy) is 1. The monoisotopic (exact) mass is 335 g/mol. The molecule has 1 fully saturated rings. The minimum Gasteiger partial charge on any atom is -0.495 e. The Balaban J connectivity index is 2.13. The lowest BCUT2D eigenvalue weighted by Gasteiger charge is -2.38. The van der Waals surface area contributed by atoms with E-state index in [1.54, 1.807) is 0 Å². The number of nitrogens with zero attached hydrogens (tertiary/aromatic N) is 2. The second kappa shape index (κ2) is 7.61. The molecule has 7 nitrogen and oxygen atoms in total. The van der Waals surface area contributed by atoms with Gasteiger partial charge in [-0.05, 0) is 31.2 Å². The summed E-state index contributed by atoms with van der Waals surface area (Å²) in [6.45, 7) is 8.01. The van der Waals surface area contributed by atoms with Crippen LogP contribution in [0.1, 0.15) is 27.2 Å². The molecule has 132 valence electrons. The van der Waals surface area contributed by atoms with Crippen LogP contribution in [0.3, 0.4) is 0 Å². The molecular weight excluding hydrogens is 310 g/mol. The van der Waals surface area contributed by atoms with Crippen LogP contribution in [0.15, 0.2) is 18.2 Å². The Morgan fingerprint density at radius 3 is 2.54 bits per heavy atom. The third kappa shape index (κ3) is 4.23. The van der Waals surface area contributed by atoms with E-state index in [0.29, 0.717) is 23.3 Å². The zero-order valence-electron chi connectivity index (χ0n) is 14.6. The number of hydrogen-bond acceptors (Lipinski definition) is 5. The number of likely N-dealkylation sites (tertiary alicyclic amines) is 1. The fourth-order valence-electron chi connectivity index (χ4n) is 3.34. The summed E-state index contributed by atoms with van der Waals surface area (Å²) in [5.74, 6) is 1.32. The molecule has 0 aromatic heterocycles. The summed E-state index contributed by atoms with van der Waals surface area (Å²) >= 11 is 0. The molecule has 1 aromatic carbocycles. The third-order valence-corrected chi connectivity index (χ3v) is 4.48. The van der Waals surface area contributed by atoms with Crippen LogP contribution in [-0.2, 0) is 4.79 Å². The van der Waals surface area contributed by atoms with Gasteiger partial charge in [0.25, 0.3) is 5.69 Å². The maximum atomic E-state index is 12.6. The van der Waals surface area contributed by atoms with Gasteiger partial charge in [-0.1, -0.05) is 13.8 Å². The molecular formula is C17H25N3O4. The highest BCUT2D eigenvalue weighted by atomic mass is 16.6. The van der Waals surface area contributed by atoms with E-state index < -0.39 is 4.92 Å². The average molecular weight is 335 g/mol. The van der Waals surface area contributed by atoms with E-state index in [2.05, 4.69) is 24.1 Å². The first kappa shape index (κ1) is 18.2. The highest BCUT2D eigenvalue weighted by Gasteiger charge is 2.29. The first-order valence-corrected chi connectivity index (χ1v) is 8.19. The molecule has 1 saturated heterocycles. The number of rotatable bonds is 5. The van der Waals surface area contributed by atoms with Crippen LogP contribution < -0.4 is 10.1 Å². The van der Waals surface area contributed by atoms with E-state index in [4.69, 9.17) is 4.74 Å². The van der Waals surface area contributed by atoms with E-state index in [-0.39, 0.29) is 17.6 Å². The van der Waals surface area contributed by atoms with Gasteiger partial charge in [0.1, 0.15) is 5.75 Å². The van der Waals surface area contributed by atoms with Crippen LogP contribution in [0, 0.1) is 22.0 Å². The van der Waals surface area contributed by atoms with E-state index in [0.717, 1.165) is 13.1 Å². The van der Waals surface area contributed by atoms with Gasteiger partial charge in [0, 0.05) is 25.2 Å². The number of hydrogen-bond donors (Lipinski definition) is 1. The predicted octanol–water partition coefficient (Wildman–Crippen LogP) is 2.91. The molecule has 1 heterocycles. The highest BCUT2D eigenvalue weighted by molar-refractivity contribution is 5.96. The van der Waals surface area contributed by atoms with Crippen LogP contribution in [-0.4, -0.2) is 42.0 Å². The number of carbonyl (C=O) groups is 1. The van der Waals surface area contributed by atoms with Crippen molar-refractivity contribution in [2.24, 2.45) is 11.8 Å². The maximum Gasteiger partial charge on any atom is 0.271 e. The summed E-state index contributed by atoms with van der Waals surface area (Å²) in [7, 11) is 1.47. The summed E-state index contributed by atoms with van der Waals surface area (Å²) in [5, 5.41) is 13.7. The Morgan fingerprint density at radius 2 is 2.00 bits per heavy atom. The summed E-state index contributed by atoms with van der Waals surface area (Å²) in [4.78, 5) is 25.2. The number of benzene rings is 1. The minimum atomic E-state index is -0.494. The summed E-state index contributed by atoms with van der Waals surface area (Å²) in [6.07, 6.45) is 1.17. The molecule has 2 rings (SSSR count). The lowest BCUT2D eigenvalue weighted by molar-refractivity contribution is -0.384. The molecule has 1 N–H and O–H groups in total. The molecule has 1 amide bonds. The second-order valence-corrected chi connectivity index (χ2v) is 6.71. The van der Waals surface area contributed by atoms with Crippen LogP contribution >= 0.6 is 0 Å². The van der Waals surface area contributed by atoms with Crippen molar-refractivity contribution in [1.82, 2.24) is 4.90 Å². The number of carbonyl (C=O) groups excluding carboxylic acids is 1. The number of amides is 1. The van der Waals surface area contributed by atoms with Crippen molar-refractivity contribution in [2.75, 3.05) is 25.5 Å². The smallest absolute Gasteiger partial charge is 0.271 e. The summed E-state index contributed by atoms with van der Waals surface area (Å²) < 4.78 is 5.19. The Kier molecular flexibility index (Phi) is 5.77. The van der Waals surface area contributed by atoms with Gasteiger partial charge in [0.2, 0.25) is 5.91 Å². The Labute approximate surface area is 142 Å². The van der Waals surface area contributed by atoms with E-state index in [1.807, 2.05) is 6.92 Å². The Morgan fingerprint density at radius 1 is 1.38 bits per heavy atom. The average Bonchev–Trinajstić information content (AvgIpc) is 2.52. The minimum absolute atomic E-state index is 0.0843. The first-order valence-electron chi connectivity index (χ1n) is 8.19. The van der Waals surface area contributed by atoms with Crippen molar-refractivity contribution in [3.8, 4) is 5.75 Å². The molecule has 24 heavy (non-hydrogen) atoms. The van der Waals surface area contributed by atoms with Gasteiger partial charge in [-0.25, -0.2) is 0 Å². The zero-order chi connectivity index (χ0) is 17.9. The number of methoxy groups -OCH3 is 1. The van der Waals surface area contributed by atoms with Gasteiger partial charge >= 0.3 is 0 Å². The van der Waals surface area contributed by atoms with Gasteiger partial charge in [-0.2, -0.15) is 0 Å². The van der Waals surface area contributed by atoms with Gasteiger partial charge in [0.15, 0.2) is 0 Å². The van der Waals surface area contributed by atoms with Gasteiger partial charge < -0.3 is 10.1 Å². The number of nitro benzene ring substituents is 1. The molecule has 1 aromatic rings. The molecule has 0 aliphatic carbocycles. The maximum absolute atomic E-state index is 12.6. The van der Waals surface area contributed by atoms with Crippen molar-refractivity contribution < 1.29 is 14.5 Å². The van der Waals surface area contributed by atoms with Crippen LogP contribution in [0.25, 0.3) is 0 Å². The number of piperidine rings is 1. The standard InChI is InChI=1S/C17H25N3O4/c1-11-7-12(2)10-19(9-11)13(3)17(21)18-15-8-14(20(22)23)5-6-16(15)24-4/h5-6,8,11-13H,7,9-10H2,1-4H3,(H,18,21)/t11-,12-,13+/m1/s1. The lowest BCUT2D eigenvalue weighted by atomic mass is 9.91. The van der Waals surface area contributed by atoms with Crippen molar-refractivity contribution in [2.45, 2.75) is 33.2 Å². The third-order valence-electron chi connectivity index (χ3n) is 4.48. The van der Waals surface area contributed by atoms with Crippen molar-refractivity contribution in [3.63, 3.8) is 0 Å².